The van der Waals surface area contributed by atoms with Gasteiger partial charge in [0.25, 0.3) is 0 Å². The number of hydrogen-bond acceptors (Lipinski definition) is 4. The van der Waals surface area contributed by atoms with Crippen molar-refractivity contribution in [1.29, 1.82) is 0 Å². The summed E-state index contributed by atoms with van der Waals surface area (Å²) in [5.41, 5.74) is -1.32. The summed E-state index contributed by atoms with van der Waals surface area (Å²) in [6.45, 7) is 5.25. The summed E-state index contributed by atoms with van der Waals surface area (Å²) in [4.78, 5) is 26.0. The first-order chi connectivity index (χ1) is 11.6. The summed E-state index contributed by atoms with van der Waals surface area (Å²) in [6.07, 6.45) is -0.168. The van der Waals surface area contributed by atoms with E-state index in [1.54, 1.807) is 20.8 Å². The zero-order valence-corrected chi connectivity index (χ0v) is 14.6. The standard InChI is InChI=1S/C18H21F2NO4/c1-17(2,3)25-16(23)21-9-18(8-12(18)14(21)15(22)24-4)11-7-10(19)5-6-13(11)20/h5-7,12,14H,8-9H2,1-4H3/t12-,14?,18+/m0/s1. The molecule has 3 rings (SSSR count). The molecule has 1 saturated carbocycles. The van der Waals surface area contributed by atoms with Crippen molar-refractivity contribution in [1.82, 2.24) is 4.90 Å². The minimum Gasteiger partial charge on any atom is -0.467 e. The maximum absolute atomic E-state index is 14.3. The second-order valence-electron chi connectivity index (χ2n) is 7.67. The van der Waals surface area contributed by atoms with E-state index >= 15 is 0 Å². The molecule has 0 N–H and O–H groups in total. The van der Waals surface area contributed by atoms with E-state index in [4.69, 9.17) is 9.47 Å². The zero-order chi connectivity index (χ0) is 18.6. The van der Waals surface area contributed by atoms with E-state index in [2.05, 4.69) is 0 Å². The zero-order valence-electron chi connectivity index (χ0n) is 14.6. The number of carbonyl (C=O) groups is 2. The molecule has 0 spiro atoms. The van der Waals surface area contributed by atoms with Gasteiger partial charge in [0, 0.05) is 17.9 Å². The molecule has 136 valence electrons. The van der Waals surface area contributed by atoms with Crippen LogP contribution in [0.2, 0.25) is 0 Å². The average Bonchev–Trinajstić information content (AvgIpc) is 3.13. The van der Waals surface area contributed by atoms with Crippen molar-refractivity contribution in [3.8, 4) is 0 Å². The van der Waals surface area contributed by atoms with Gasteiger partial charge in [-0.15, -0.1) is 0 Å². The highest BCUT2D eigenvalue weighted by Crippen LogP contribution is 2.62. The van der Waals surface area contributed by atoms with Crippen LogP contribution >= 0.6 is 0 Å². The fraction of sp³-hybridized carbons (Fsp3) is 0.556. The second-order valence-corrected chi connectivity index (χ2v) is 7.67. The lowest BCUT2D eigenvalue weighted by Gasteiger charge is -2.29. The second kappa shape index (κ2) is 5.68. The van der Waals surface area contributed by atoms with Crippen molar-refractivity contribution in [3.63, 3.8) is 0 Å². The summed E-state index contributed by atoms with van der Waals surface area (Å²) >= 11 is 0. The first-order valence-electron chi connectivity index (χ1n) is 8.12. The molecule has 2 aliphatic rings. The lowest BCUT2D eigenvalue weighted by Crippen LogP contribution is -2.46. The number of fused-ring (bicyclic) bond motifs is 1. The molecule has 1 heterocycles. The van der Waals surface area contributed by atoms with Crippen LogP contribution in [0.15, 0.2) is 18.2 Å². The Bertz CT molecular complexity index is 730. The van der Waals surface area contributed by atoms with Crippen molar-refractivity contribution in [2.75, 3.05) is 13.7 Å². The Kier molecular flexibility index (Phi) is 4.00. The first-order valence-corrected chi connectivity index (χ1v) is 8.12. The number of ether oxygens (including phenoxy) is 2. The molecule has 0 bridgehead atoms. The lowest BCUT2D eigenvalue weighted by atomic mass is 9.93. The van der Waals surface area contributed by atoms with E-state index in [1.807, 2.05) is 0 Å². The van der Waals surface area contributed by atoms with Gasteiger partial charge < -0.3 is 9.47 Å². The summed E-state index contributed by atoms with van der Waals surface area (Å²) in [5.74, 6) is -1.99. The fourth-order valence-electron chi connectivity index (χ4n) is 3.73. The van der Waals surface area contributed by atoms with Gasteiger partial charge in [-0.25, -0.2) is 18.4 Å². The number of halogens is 2. The van der Waals surface area contributed by atoms with Crippen LogP contribution in [0.5, 0.6) is 0 Å². The minimum atomic E-state index is -0.859. The lowest BCUT2D eigenvalue weighted by molar-refractivity contribution is -0.146. The van der Waals surface area contributed by atoms with Crippen molar-refractivity contribution in [2.45, 2.75) is 44.2 Å². The van der Waals surface area contributed by atoms with E-state index in [9.17, 15) is 18.4 Å². The monoisotopic (exact) mass is 353 g/mol. The Morgan fingerprint density at radius 2 is 1.96 bits per heavy atom. The van der Waals surface area contributed by atoms with Crippen LogP contribution in [-0.4, -0.2) is 42.3 Å². The van der Waals surface area contributed by atoms with Crippen LogP contribution in [0.3, 0.4) is 0 Å². The molecule has 7 heteroatoms. The number of piperidine rings is 1. The largest absolute Gasteiger partial charge is 0.467 e. The van der Waals surface area contributed by atoms with Gasteiger partial charge in [-0.3, -0.25) is 4.90 Å². The number of carbonyl (C=O) groups excluding carboxylic acids is 2. The molecule has 3 atom stereocenters. The highest BCUT2D eigenvalue weighted by Gasteiger charge is 2.70. The van der Waals surface area contributed by atoms with Gasteiger partial charge in [-0.2, -0.15) is 0 Å². The summed E-state index contributed by atoms with van der Waals surface area (Å²) in [7, 11) is 1.24. The Morgan fingerprint density at radius 1 is 1.28 bits per heavy atom. The molecule has 1 aromatic carbocycles. The molecule has 1 saturated heterocycles. The van der Waals surface area contributed by atoms with Gasteiger partial charge in [-0.05, 0) is 51.0 Å². The summed E-state index contributed by atoms with van der Waals surface area (Å²) < 4.78 is 38.1. The summed E-state index contributed by atoms with van der Waals surface area (Å²) in [5, 5.41) is 0. The number of nitrogens with zero attached hydrogens (tertiary/aromatic N) is 1. The van der Waals surface area contributed by atoms with Crippen LogP contribution in [0.25, 0.3) is 0 Å². The third-order valence-electron chi connectivity index (χ3n) is 4.84. The van der Waals surface area contributed by atoms with E-state index in [0.717, 1.165) is 18.2 Å². The molecule has 0 aromatic heterocycles. The molecule has 0 radical (unpaired) electrons. The number of hydrogen-bond donors (Lipinski definition) is 0. The average molecular weight is 353 g/mol. The first kappa shape index (κ1) is 17.6. The predicted molar refractivity (Wildman–Crippen MR) is 84.9 cm³/mol. The number of rotatable bonds is 2. The van der Waals surface area contributed by atoms with Crippen molar-refractivity contribution in [3.05, 3.63) is 35.4 Å². The summed E-state index contributed by atoms with van der Waals surface area (Å²) in [6, 6.07) is 2.40. The van der Waals surface area contributed by atoms with E-state index in [1.165, 1.54) is 12.0 Å². The Labute approximate surface area is 144 Å². The van der Waals surface area contributed by atoms with Crippen molar-refractivity contribution < 1.29 is 27.8 Å². The van der Waals surface area contributed by atoms with Crippen LogP contribution in [0.4, 0.5) is 13.6 Å². The van der Waals surface area contributed by atoms with Crippen LogP contribution in [0.1, 0.15) is 32.8 Å². The Balaban J connectivity index is 1.95. The van der Waals surface area contributed by atoms with Gasteiger partial charge in [0.2, 0.25) is 0 Å². The molecule has 1 aliphatic heterocycles. The SMILES string of the molecule is COC(=O)C1[C@@H]2C[C@]2(c2cc(F)ccc2F)CN1C(=O)OC(C)(C)C. The van der Waals surface area contributed by atoms with Crippen molar-refractivity contribution in [2.24, 2.45) is 5.92 Å². The van der Waals surface area contributed by atoms with Gasteiger partial charge in [0.15, 0.2) is 0 Å². The molecule has 1 aliphatic carbocycles. The van der Waals surface area contributed by atoms with Crippen molar-refractivity contribution >= 4 is 12.1 Å². The third-order valence-corrected chi connectivity index (χ3v) is 4.84. The molecule has 1 amide bonds. The maximum Gasteiger partial charge on any atom is 0.411 e. The van der Waals surface area contributed by atoms with E-state index in [0.29, 0.717) is 6.42 Å². The number of likely N-dealkylation sites (tertiary alicyclic amines) is 1. The highest BCUT2D eigenvalue weighted by molar-refractivity contribution is 5.84. The van der Waals surface area contributed by atoms with Crippen LogP contribution < -0.4 is 0 Å². The van der Waals surface area contributed by atoms with E-state index in [-0.39, 0.29) is 18.0 Å². The Hall–Kier alpha value is -2.18. The minimum absolute atomic E-state index is 0.0900. The number of esters is 1. The fourth-order valence-corrected chi connectivity index (χ4v) is 3.73. The van der Waals surface area contributed by atoms with Gasteiger partial charge in [0.05, 0.1) is 7.11 Å². The Morgan fingerprint density at radius 3 is 2.56 bits per heavy atom. The molecule has 1 aromatic rings. The molecule has 5 nitrogen and oxygen atoms in total. The van der Waals surface area contributed by atoms with Crippen LogP contribution in [-0.2, 0) is 19.7 Å². The van der Waals surface area contributed by atoms with E-state index < -0.39 is 40.8 Å². The molecule has 2 fully saturated rings. The van der Waals surface area contributed by atoms with Gasteiger partial charge in [0.1, 0.15) is 23.3 Å². The van der Waals surface area contributed by atoms with Crippen LogP contribution in [0, 0.1) is 17.6 Å². The molecular formula is C18H21F2NO4. The van der Waals surface area contributed by atoms with Gasteiger partial charge >= 0.3 is 12.1 Å². The predicted octanol–water partition coefficient (Wildman–Crippen LogP) is 3.01. The smallest absolute Gasteiger partial charge is 0.411 e. The van der Waals surface area contributed by atoms with Gasteiger partial charge in [-0.1, -0.05) is 0 Å². The highest BCUT2D eigenvalue weighted by atomic mass is 19.1. The molecular weight excluding hydrogens is 332 g/mol. The topological polar surface area (TPSA) is 55.8 Å². The molecule has 25 heavy (non-hydrogen) atoms. The number of amides is 1. The number of benzene rings is 1. The molecule has 1 unspecified atom stereocenters. The number of methoxy groups -OCH3 is 1. The third kappa shape index (κ3) is 2.96. The normalized spacial score (nSPS) is 27.7. The quantitative estimate of drug-likeness (QED) is 0.767. The maximum atomic E-state index is 14.3.